The molecule has 0 saturated carbocycles. The van der Waals surface area contributed by atoms with Gasteiger partial charge in [0, 0.05) is 32.7 Å². The summed E-state index contributed by atoms with van der Waals surface area (Å²) in [4.78, 5) is 29.1. The number of rotatable bonds is 5. The molecule has 2 aliphatic rings. The zero-order chi connectivity index (χ0) is 19.3. The summed E-state index contributed by atoms with van der Waals surface area (Å²) in [6, 6.07) is 11.8. The molecule has 1 fully saturated rings. The van der Waals surface area contributed by atoms with Crippen LogP contribution in [-0.2, 0) is 17.8 Å². The molecule has 3 heterocycles. The van der Waals surface area contributed by atoms with Gasteiger partial charge in [-0.1, -0.05) is 24.3 Å². The van der Waals surface area contributed by atoms with Gasteiger partial charge in [-0.25, -0.2) is 0 Å². The zero-order valence-electron chi connectivity index (χ0n) is 16.1. The molecule has 28 heavy (non-hydrogen) atoms. The molecule has 4 rings (SSSR count). The van der Waals surface area contributed by atoms with E-state index in [0.717, 1.165) is 38.9 Å². The molecule has 1 aromatic heterocycles. The molecule has 6 nitrogen and oxygen atoms in total. The van der Waals surface area contributed by atoms with Crippen molar-refractivity contribution in [1.29, 1.82) is 0 Å². The van der Waals surface area contributed by atoms with E-state index in [0.29, 0.717) is 31.3 Å². The number of amides is 2. The van der Waals surface area contributed by atoms with E-state index in [1.807, 2.05) is 4.90 Å². The highest BCUT2D eigenvalue weighted by atomic mass is 16.3. The minimum Gasteiger partial charge on any atom is -0.459 e. The van der Waals surface area contributed by atoms with Crippen LogP contribution in [0.1, 0.15) is 34.5 Å². The molecule has 2 aromatic rings. The molecule has 0 aliphatic carbocycles. The SMILES string of the molecule is O=C(NC[C@@H]1CCCN(C(=O)CN2CCc3ccccc3C2)C1)c1ccco1. The molecule has 2 aliphatic heterocycles. The molecule has 1 saturated heterocycles. The average Bonchev–Trinajstić information content (AvgIpc) is 3.27. The number of likely N-dealkylation sites (tertiary alicyclic amines) is 1. The number of hydrogen-bond acceptors (Lipinski definition) is 4. The van der Waals surface area contributed by atoms with Gasteiger partial charge in [-0.15, -0.1) is 0 Å². The minimum atomic E-state index is -0.194. The number of hydrogen-bond donors (Lipinski definition) is 1. The van der Waals surface area contributed by atoms with E-state index in [2.05, 4.69) is 34.5 Å². The molecule has 2 amide bonds. The molecular weight excluding hydrogens is 354 g/mol. The topological polar surface area (TPSA) is 65.8 Å². The molecule has 0 spiro atoms. The first kappa shape index (κ1) is 18.7. The number of fused-ring (bicyclic) bond motifs is 1. The normalized spacial score (nSPS) is 19.9. The van der Waals surface area contributed by atoms with Crippen molar-refractivity contribution >= 4 is 11.8 Å². The first-order chi connectivity index (χ1) is 13.7. The Bertz CT molecular complexity index is 818. The van der Waals surface area contributed by atoms with Gasteiger partial charge in [-0.05, 0) is 48.4 Å². The number of nitrogens with one attached hydrogen (secondary N) is 1. The predicted molar refractivity (Wildman–Crippen MR) is 106 cm³/mol. The van der Waals surface area contributed by atoms with E-state index < -0.39 is 0 Å². The minimum absolute atomic E-state index is 0.194. The monoisotopic (exact) mass is 381 g/mol. The molecule has 1 N–H and O–H groups in total. The summed E-state index contributed by atoms with van der Waals surface area (Å²) in [7, 11) is 0. The molecule has 1 aromatic carbocycles. The summed E-state index contributed by atoms with van der Waals surface area (Å²) in [5.41, 5.74) is 2.73. The Hall–Kier alpha value is -2.60. The third-order valence-corrected chi connectivity index (χ3v) is 5.74. The van der Waals surface area contributed by atoms with Gasteiger partial charge in [-0.2, -0.15) is 0 Å². The summed E-state index contributed by atoms with van der Waals surface area (Å²) < 4.78 is 5.12. The van der Waals surface area contributed by atoms with Crippen LogP contribution in [0.4, 0.5) is 0 Å². The zero-order valence-corrected chi connectivity index (χ0v) is 16.1. The van der Waals surface area contributed by atoms with Gasteiger partial charge in [0.15, 0.2) is 5.76 Å². The second-order valence-corrected chi connectivity index (χ2v) is 7.76. The summed E-state index contributed by atoms with van der Waals surface area (Å²) in [6.07, 6.45) is 4.51. The van der Waals surface area contributed by atoms with E-state index in [9.17, 15) is 9.59 Å². The van der Waals surface area contributed by atoms with Crippen LogP contribution in [0.15, 0.2) is 47.1 Å². The largest absolute Gasteiger partial charge is 0.459 e. The smallest absolute Gasteiger partial charge is 0.286 e. The summed E-state index contributed by atoms with van der Waals surface area (Å²) in [6.45, 7) is 4.34. The fourth-order valence-electron chi connectivity index (χ4n) is 4.17. The molecule has 0 radical (unpaired) electrons. The van der Waals surface area contributed by atoms with Crippen LogP contribution in [0.5, 0.6) is 0 Å². The van der Waals surface area contributed by atoms with Crippen molar-refractivity contribution in [2.75, 3.05) is 32.7 Å². The Kier molecular flexibility index (Phi) is 5.76. The molecule has 1 atom stereocenters. The summed E-state index contributed by atoms with van der Waals surface area (Å²) >= 11 is 0. The lowest BCUT2D eigenvalue weighted by Crippen LogP contribution is -2.47. The number of carbonyl (C=O) groups is 2. The molecule has 0 unspecified atom stereocenters. The number of nitrogens with zero attached hydrogens (tertiary/aromatic N) is 2. The first-order valence-corrected chi connectivity index (χ1v) is 10.1. The van der Waals surface area contributed by atoms with Gasteiger partial charge < -0.3 is 14.6 Å². The van der Waals surface area contributed by atoms with Crippen LogP contribution in [0.3, 0.4) is 0 Å². The fourth-order valence-corrected chi connectivity index (χ4v) is 4.17. The van der Waals surface area contributed by atoms with E-state index in [4.69, 9.17) is 4.42 Å². The van der Waals surface area contributed by atoms with Crippen LogP contribution in [0, 0.1) is 5.92 Å². The Balaban J connectivity index is 1.26. The van der Waals surface area contributed by atoms with Crippen molar-refractivity contribution in [3.05, 3.63) is 59.5 Å². The Morgan fingerprint density at radius 1 is 1.11 bits per heavy atom. The first-order valence-electron chi connectivity index (χ1n) is 10.1. The maximum absolute atomic E-state index is 12.8. The molecular formula is C22H27N3O3. The van der Waals surface area contributed by atoms with Crippen molar-refractivity contribution in [2.45, 2.75) is 25.8 Å². The lowest BCUT2D eigenvalue weighted by atomic mass is 9.97. The van der Waals surface area contributed by atoms with Crippen molar-refractivity contribution in [3.63, 3.8) is 0 Å². The van der Waals surface area contributed by atoms with Crippen molar-refractivity contribution in [2.24, 2.45) is 5.92 Å². The lowest BCUT2D eigenvalue weighted by Gasteiger charge is -2.35. The van der Waals surface area contributed by atoms with E-state index in [1.165, 1.54) is 17.4 Å². The van der Waals surface area contributed by atoms with Crippen LogP contribution >= 0.6 is 0 Å². The summed E-state index contributed by atoms with van der Waals surface area (Å²) in [5.74, 6) is 0.620. The van der Waals surface area contributed by atoms with Crippen LogP contribution in [0.2, 0.25) is 0 Å². The number of benzene rings is 1. The van der Waals surface area contributed by atoms with Crippen LogP contribution in [-0.4, -0.2) is 54.3 Å². The molecule has 6 heteroatoms. The second-order valence-electron chi connectivity index (χ2n) is 7.76. The van der Waals surface area contributed by atoms with E-state index >= 15 is 0 Å². The highest BCUT2D eigenvalue weighted by molar-refractivity contribution is 5.91. The third-order valence-electron chi connectivity index (χ3n) is 5.74. The van der Waals surface area contributed by atoms with Crippen LogP contribution in [0.25, 0.3) is 0 Å². The van der Waals surface area contributed by atoms with Crippen molar-refractivity contribution in [1.82, 2.24) is 15.1 Å². The van der Waals surface area contributed by atoms with Gasteiger partial charge in [0.05, 0.1) is 12.8 Å². The highest BCUT2D eigenvalue weighted by Crippen LogP contribution is 2.20. The van der Waals surface area contributed by atoms with Gasteiger partial charge >= 0.3 is 0 Å². The van der Waals surface area contributed by atoms with E-state index in [1.54, 1.807) is 12.1 Å². The van der Waals surface area contributed by atoms with Crippen molar-refractivity contribution in [3.8, 4) is 0 Å². The Morgan fingerprint density at radius 3 is 2.79 bits per heavy atom. The number of furan rings is 1. The van der Waals surface area contributed by atoms with Gasteiger partial charge in [0.25, 0.3) is 5.91 Å². The maximum atomic E-state index is 12.8. The molecule has 148 valence electrons. The molecule has 0 bridgehead atoms. The van der Waals surface area contributed by atoms with E-state index in [-0.39, 0.29) is 11.8 Å². The second kappa shape index (κ2) is 8.61. The van der Waals surface area contributed by atoms with Crippen LogP contribution < -0.4 is 5.32 Å². The third kappa shape index (κ3) is 4.44. The summed E-state index contributed by atoms with van der Waals surface area (Å²) in [5, 5.41) is 2.93. The van der Waals surface area contributed by atoms with Gasteiger partial charge in [0.1, 0.15) is 0 Å². The quantitative estimate of drug-likeness (QED) is 0.863. The number of piperidine rings is 1. The standard InChI is InChI=1S/C22H27N3O3/c26-21(16-24-11-9-18-6-1-2-7-19(18)15-24)25-10-3-5-17(14-25)13-23-22(27)20-8-4-12-28-20/h1-2,4,6-8,12,17H,3,5,9-11,13-16H2,(H,23,27)/t17-/m0/s1. The average molecular weight is 381 g/mol. The Labute approximate surface area is 165 Å². The number of carbonyl (C=O) groups excluding carboxylic acids is 2. The lowest BCUT2D eigenvalue weighted by molar-refractivity contribution is -0.134. The Morgan fingerprint density at radius 2 is 1.96 bits per heavy atom. The fraction of sp³-hybridized carbons (Fsp3) is 0.455. The highest BCUT2D eigenvalue weighted by Gasteiger charge is 2.26. The van der Waals surface area contributed by atoms with Gasteiger partial charge in [0.2, 0.25) is 5.91 Å². The maximum Gasteiger partial charge on any atom is 0.286 e. The predicted octanol–water partition coefficient (Wildman–Crippen LogP) is 2.31. The van der Waals surface area contributed by atoms with Gasteiger partial charge in [-0.3, -0.25) is 14.5 Å². The van der Waals surface area contributed by atoms with Crippen molar-refractivity contribution < 1.29 is 14.0 Å².